The number of nitrogens with one attached hydrogen (secondary N) is 1. The van der Waals surface area contributed by atoms with Gasteiger partial charge in [-0.05, 0) is 23.3 Å². The van der Waals surface area contributed by atoms with Gasteiger partial charge < -0.3 is 5.32 Å². The lowest BCUT2D eigenvalue weighted by Crippen LogP contribution is -2.52. The van der Waals surface area contributed by atoms with Crippen LogP contribution in [0.4, 0.5) is 13.2 Å². The summed E-state index contributed by atoms with van der Waals surface area (Å²) in [6, 6.07) is 12.5. The summed E-state index contributed by atoms with van der Waals surface area (Å²) in [5.41, 5.74) is 1.98. The smallest absolute Gasteiger partial charge is 0.359 e. The summed E-state index contributed by atoms with van der Waals surface area (Å²) in [4.78, 5) is 19.2. The molecule has 0 bridgehead atoms. The quantitative estimate of drug-likeness (QED) is 0.390. The van der Waals surface area contributed by atoms with Gasteiger partial charge in [0.05, 0.1) is 16.4 Å². The summed E-state index contributed by atoms with van der Waals surface area (Å²) in [5.74, 6) is 0.149. The molecule has 0 radical (unpaired) electrons. The van der Waals surface area contributed by atoms with Crippen molar-refractivity contribution in [1.82, 2.24) is 15.2 Å². The lowest BCUT2D eigenvalue weighted by atomic mass is 9.98. The summed E-state index contributed by atoms with van der Waals surface area (Å²) in [7, 11) is 1.66. The van der Waals surface area contributed by atoms with Crippen LogP contribution in [0.5, 0.6) is 0 Å². The van der Waals surface area contributed by atoms with Crippen molar-refractivity contribution in [3.8, 4) is 21.0 Å². The molecule has 1 N–H and O–H groups in total. The fourth-order valence-electron chi connectivity index (χ4n) is 3.88. The predicted octanol–water partition coefficient (Wildman–Crippen LogP) is 6.17. The third-order valence-electron chi connectivity index (χ3n) is 5.62. The maximum absolute atomic E-state index is 13.7. The highest BCUT2D eigenvalue weighted by Crippen LogP contribution is 2.41. The van der Waals surface area contributed by atoms with Crippen LogP contribution >= 0.6 is 23.1 Å². The molecule has 2 aromatic carbocycles. The van der Waals surface area contributed by atoms with Crippen LogP contribution in [-0.4, -0.2) is 41.2 Å². The monoisotopic (exact) mass is 505 g/mol. The number of benzene rings is 2. The van der Waals surface area contributed by atoms with Crippen molar-refractivity contribution in [1.29, 1.82) is 0 Å². The molecule has 0 atom stereocenters. The number of aromatic nitrogens is 1. The number of rotatable bonds is 7. The molecule has 1 amide bonds. The van der Waals surface area contributed by atoms with Crippen molar-refractivity contribution in [3.63, 3.8) is 0 Å². The highest BCUT2D eigenvalue weighted by atomic mass is 32.2. The number of alkyl halides is 3. The van der Waals surface area contributed by atoms with E-state index in [0.717, 1.165) is 35.8 Å². The van der Waals surface area contributed by atoms with E-state index in [-0.39, 0.29) is 22.0 Å². The molecule has 2 heterocycles. The Kier molecular flexibility index (Phi) is 7.35. The second-order valence-electron chi connectivity index (χ2n) is 8.61. The van der Waals surface area contributed by atoms with Gasteiger partial charge in [-0.15, -0.1) is 23.1 Å². The molecule has 1 aliphatic rings. The molecule has 0 spiro atoms. The van der Waals surface area contributed by atoms with Crippen LogP contribution in [0.2, 0.25) is 0 Å². The Balaban J connectivity index is 1.47. The number of hydrogen-bond acceptors (Lipinski definition) is 5. The zero-order valence-corrected chi connectivity index (χ0v) is 20.8. The summed E-state index contributed by atoms with van der Waals surface area (Å²) in [6.07, 6.45) is -2.77. The molecule has 34 heavy (non-hydrogen) atoms. The lowest BCUT2D eigenvalue weighted by molar-refractivity contribution is -0.139. The molecule has 1 saturated heterocycles. The van der Waals surface area contributed by atoms with E-state index in [2.05, 4.69) is 15.2 Å². The zero-order valence-electron chi connectivity index (χ0n) is 19.1. The predicted molar refractivity (Wildman–Crippen MR) is 132 cm³/mol. The first-order valence-corrected chi connectivity index (χ1v) is 12.7. The van der Waals surface area contributed by atoms with Gasteiger partial charge >= 0.3 is 6.18 Å². The minimum absolute atomic E-state index is 0.0586. The topological polar surface area (TPSA) is 45.2 Å². The molecule has 180 valence electrons. The minimum Gasteiger partial charge on any atom is -0.359 e. The number of likely N-dealkylation sites (tertiary alicyclic amines) is 1. The van der Waals surface area contributed by atoms with E-state index in [1.165, 1.54) is 29.2 Å². The van der Waals surface area contributed by atoms with Crippen LogP contribution < -0.4 is 5.32 Å². The van der Waals surface area contributed by atoms with Gasteiger partial charge in [-0.25, -0.2) is 4.98 Å². The zero-order chi connectivity index (χ0) is 24.5. The van der Waals surface area contributed by atoms with Crippen LogP contribution in [0.25, 0.3) is 21.0 Å². The van der Waals surface area contributed by atoms with E-state index >= 15 is 0 Å². The van der Waals surface area contributed by atoms with Crippen molar-refractivity contribution in [2.45, 2.75) is 36.7 Å². The van der Waals surface area contributed by atoms with E-state index in [1.807, 2.05) is 38.1 Å². The Morgan fingerprint density at radius 2 is 1.85 bits per heavy atom. The summed E-state index contributed by atoms with van der Waals surface area (Å²) >= 11 is 2.60. The standard InChI is InChI=1S/C25H26F3N3OS2/c1-15(2)33-21-9-8-18(10-20(21)25(26,27)28)22-11-30-24(34-22)17-6-4-16(5-7-17)12-31-13-19(14-31)23(32)29-3/h4-11,15,19H,12-14H2,1-3H3,(H,29,32). The van der Waals surface area contributed by atoms with Gasteiger partial charge in [-0.3, -0.25) is 9.69 Å². The van der Waals surface area contributed by atoms with Crippen LogP contribution in [0.3, 0.4) is 0 Å². The molecule has 4 nitrogen and oxygen atoms in total. The van der Waals surface area contributed by atoms with Gasteiger partial charge in [-0.2, -0.15) is 13.2 Å². The average Bonchev–Trinajstić information content (AvgIpc) is 3.25. The SMILES string of the molecule is CNC(=O)C1CN(Cc2ccc(-c3ncc(-c4ccc(SC(C)C)c(C(F)(F)F)c4)s3)cc2)C1. The first-order valence-electron chi connectivity index (χ1n) is 11.0. The van der Waals surface area contributed by atoms with Crippen molar-refractivity contribution in [3.05, 3.63) is 59.8 Å². The number of hydrogen-bond donors (Lipinski definition) is 1. The molecular weight excluding hydrogens is 479 g/mol. The normalized spacial score (nSPS) is 14.9. The van der Waals surface area contributed by atoms with Gasteiger partial charge in [0.2, 0.25) is 5.91 Å². The lowest BCUT2D eigenvalue weighted by Gasteiger charge is -2.38. The van der Waals surface area contributed by atoms with Crippen molar-refractivity contribution >= 4 is 29.0 Å². The van der Waals surface area contributed by atoms with Crippen LogP contribution in [0.15, 0.2) is 53.6 Å². The molecule has 3 aromatic rings. The van der Waals surface area contributed by atoms with E-state index < -0.39 is 11.7 Å². The molecule has 9 heteroatoms. The number of amides is 1. The molecule has 0 unspecified atom stereocenters. The highest BCUT2D eigenvalue weighted by molar-refractivity contribution is 8.00. The van der Waals surface area contributed by atoms with Gasteiger partial charge in [-0.1, -0.05) is 44.2 Å². The molecule has 4 rings (SSSR count). The number of carbonyl (C=O) groups is 1. The fourth-order valence-corrected chi connectivity index (χ4v) is 5.76. The molecule has 1 aromatic heterocycles. The molecule has 1 fully saturated rings. The van der Waals surface area contributed by atoms with Crippen LogP contribution in [0.1, 0.15) is 25.0 Å². The average molecular weight is 506 g/mol. The number of carbonyl (C=O) groups excluding carboxylic acids is 1. The van der Waals surface area contributed by atoms with Gasteiger partial charge in [0.1, 0.15) is 5.01 Å². The minimum atomic E-state index is -4.41. The van der Waals surface area contributed by atoms with Crippen molar-refractivity contribution < 1.29 is 18.0 Å². The van der Waals surface area contributed by atoms with Crippen LogP contribution in [0, 0.1) is 5.92 Å². The van der Waals surface area contributed by atoms with Gasteiger partial charge in [0.15, 0.2) is 0 Å². The largest absolute Gasteiger partial charge is 0.417 e. The summed E-state index contributed by atoms with van der Waals surface area (Å²) < 4.78 is 41.0. The number of thiazole rings is 1. The van der Waals surface area contributed by atoms with E-state index in [1.54, 1.807) is 25.4 Å². The number of thioether (sulfide) groups is 1. The number of nitrogens with zero attached hydrogens (tertiary/aromatic N) is 2. The fraction of sp³-hybridized carbons (Fsp3) is 0.360. The van der Waals surface area contributed by atoms with Crippen LogP contribution in [-0.2, 0) is 17.5 Å². The highest BCUT2D eigenvalue weighted by Gasteiger charge is 2.34. The Labute approximate surface area is 205 Å². The maximum Gasteiger partial charge on any atom is 0.417 e. The summed E-state index contributed by atoms with van der Waals surface area (Å²) in [5, 5.41) is 3.50. The molecule has 1 aliphatic heterocycles. The Morgan fingerprint density at radius 1 is 1.18 bits per heavy atom. The third kappa shape index (κ3) is 5.64. The molecule has 0 aliphatic carbocycles. The van der Waals surface area contributed by atoms with Gasteiger partial charge in [0, 0.05) is 48.6 Å². The Bertz CT molecular complexity index is 1150. The van der Waals surface area contributed by atoms with Crippen molar-refractivity contribution in [2.75, 3.05) is 20.1 Å². The number of halogens is 3. The second-order valence-corrected chi connectivity index (χ2v) is 11.3. The van der Waals surface area contributed by atoms with Crippen molar-refractivity contribution in [2.24, 2.45) is 5.92 Å². The second kappa shape index (κ2) is 10.1. The Hall–Kier alpha value is -2.36. The van der Waals surface area contributed by atoms with E-state index in [9.17, 15) is 18.0 Å². The molecule has 0 saturated carbocycles. The van der Waals surface area contributed by atoms with E-state index in [4.69, 9.17) is 0 Å². The molecular formula is C25H26F3N3OS2. The first-order chi connectivity index (χ1) is 16.1. The van der Waals surface area contributed by atoms with Gasteiger partial charge in [0.25, 0.3) is 0 Å². The Morgan fingerprint density at radius 3 is 2.47 bits per heavy atom. The maximum atomic E-state index is 13.7. The third-order valence-corrected chi connectivity index (χ3v) is 7.80. The van der Waals surface area contributed by atoms with E-state index in [0.29, 0.717) is 10.4 Å². The summed E-state index contributed by atoms with van der Waals surface area (Å²) in [6.45, 7) is 6.05. The first kappa shape index (κ1) is 24.8.